The third-order valence-corrected chi connectivity index (χ3v) is 10.8. The molecule has 1 aromatic heterocycles. The Bertz CT molecular complexity index is 1930. The summed E-state index contributed by atoms with van der Waals surface area (Å²) in [5.41, 5.74) is 2.03. The average molecular weight is 767 g/mol. The molecule has 17 heteroatoms. The quantitative estimate of drug-likeness (QED) is 0.139. The largest absolute Gasteiger partial charge is 0.484 e. The van der Waals surface area contributed by atoms with Gasteiger partial charge in [0.25, 0.3) is 0 Å². The maximum atomic E-state index is 13.2. The standard InChI is InChI=1S/C36H40F6N6O4S/c37-35(38,39)23-51-28-14-15-31(52-24-36(40,41)42)32(20-28)53(49,50)44-22-26-12-10-25(11-13-26)21-43-34-45-30-9-5-4-8-29(30)33(46-34)48-18-16-47(17-19-48)27-6-2-1-3-7-27/h1-9,14-15,20,25-26,44H,10-13,16-19,21-24H2,(H,43,45,46). The van der Waals surface area contributed by atoms with Crippen molar-refractivity contribution in [2.24, 2.45) is 11.8 Å². The van der Waals surface area contributed by atoms with Crippen LogP contribution in [0.4, 0.5) is 43.8 Å². The molecule has 1 saturated carbocycles. The second kappa shape index (κ2) is 16.2. The summed E-state index contributed by atoms with van der Waals surface area (Å²) in [4.78, 5) is 13.6. The highest BCUT2D eigenvalue weighted by Crippen LogP contribution is 2.33. The number of hydrogen-bond acceptors (Lipinski definition) is 9. The molecular formula is C36H40F6N6O4S. The first-order valence-electron chi connectivity index (χ1n) is 17.3. The van der Waals surface area contributed by atoms with Gasteiger partial charge in [0.05, 0.1) is 5.52 Å². The molecule has 0 atom stereocenters. The molecule has 286 valence electrons. The van der Waals surface area contributed by atoms with Crippen LogP contribution in [-0.2, 0) is 10.0 Å². The van der Waals surface area contributed by atoms with E-state index in [0.717, 1.165) is 73.9 Å². The minimum Gasteiger partial charge on any atom is -0.484 e. The summed E-state index contributed by atoms with van der Waals surface area (Å²) in [6.07, 6.45) is -6.56. The fraction of sp³-hybridized carbons (Fsp3) is 0.444. The molecule has 0 spiro atoms. The Kier molecular flexibility index (Phi) is 11.7. The first-order chi connectivity index (χ1) is 25.2. The predicted molar refractivity (Wildman–Crippen MR) is 189 cm³/mol. The molecule has 2 aliphatic rings. The lowest BCUT2D eigenvalue weighted by atomic mass is 9.82. The van der Waals surface area contributed by atoms with Gasteiger partial charge >= 0.3 is 12.4 Å². The number of halogens is 6. The highest BCUT2D eigenvalue weighted by molar-refractivity contribution is 7.89. The fourth-order valence-electron chi connectivity index (χ4n) is 6.61. The van der Waals surface area contributed by atoms with Crippen LogP contribution in [0.1, 0.15) is 25.7 Å². The first-order valence-corrected chi connectivity index (χ1v) is 18.8. The monoisotopic (exact) mass is 766 g/mol. The number of piperazine rings is 1. The van der Waals surface area contributed by atoms with Crippen molar-refractivity contribution in [3.05, 3.63) is 72.8 Å². The van der Waals surface area contributed by atoms with Gasteiger partial charge in [-0.15, -0.1) is 0 Å². The Balaban J connectivity index is 1.04. The lowest BCUT2D eigenvalue weighted by Gasteiger charge is -2.37. The van der Waals surface area contributed by atoms with Crippen LogP contribution in [0.5, 0.6) is 11.5 Å². The van der Waals surface area contributed by atoms with Gasteiger partial charge in [-0.25, -0.2) is 18.1 Å². The third kappa shape index (κ3) is 10.6. The summed E-state index contributed by atoms with van der Waals surface area (Å²) in [5.74, 6) is 0.472. The number of benzene rings is 3. The van der Waals surface area contributed by atoms with Crippen LogP contribution in [0.15, 0.2) is 77.7 Å². The first kappa shape index (κ1) is 38.2. The van der Waals surface area contributed by atoms with Crippen molar-refractivity contribution < 1.29 is 44.2 Å². The number of aromatic nitrogens is 2. The molecule has 6 rings (SSSR count). The van der Waals surface area contributed by atoms with Gasteiger partial charge < -0.3 is 24.6 Å². The molecule has 2 heterocycles. The van der Waals surface area contributed by atoms with Gasteiger partial charge in [0.15, 0.2) is 13.2 Å². The van der Waals surface area contributed by atoms with Gasteiger partial charge in [0, 0.05) is 56.4 Å². The van der Waals surface area contributed by atoms with Crippen LogP contribution < -0.4 is 29.3 Å². The van der Waals surface area contributed by atoms with Gasteiger partial charge in [0.2, 0.25) is 16.0 Å². The number of hydrogen-bond donors (Lipinski definition) is 2. The molecule has 2 N–H and O–H groups in total. The molecule has 1 saturated heterocycles. The van der Waals surface area contributed by atoms with Crippen LogP contribution in [0.2, 0.25) is 0 Å². The molecule has 0 unspecified atom stereocenters. The van der Waals surface area contributed by atoms with Gasteiger partial charge in [0.1, 0.15) is 22.2 Å². The highest BCUT2D eigenvalue weighted by atomic mass is 32.2. The summed E-state index contributed by atoms with van der Waals surface area (Å²) in [5, 5.41) is 4.40. The number of ether oxygens (including phenoxy) is 2. The second-order valence-electron chi connectivity index (χ2n) is 13.2. The van der Waals surface area contributed by atoms with Crippen LogP contribution >= 0.6 is 0 Å². The normalized spacial score (nSPS) is 18.6. The van der Waals surface area contributed by atoms with Crippen molar-refractivity contribution in [2.75, 3.05) is 67.6 Å². The van der Waals surface area contributed by atoms with Crippen LogP contribution in [0.3, 0.4) is 0 Å². The van der Waals surface area contributed by atoms with Crippen molar-refractivity contribution in [1.82, 2.24) is 14.7 Å². The van der Waals surface area contributed by atoms with E-state index in [0.29, 0.717) is 25.3 Å². The Labute approximate surface area is 303 Å². The van der Waals surface area contributed by atoms with Gasteiger partial charge in [-0.1, -0.05) is 30.3 Å². The van der Waals surface area contributed by atoms with Crippen molar-refractivity contribution in [1.29, 1.82) is 0 Å². The average Bonchev–Trinajstić information content (AvgIpc) is 3.14. The number of anilines is 3. The SMILES string of the molecule is O=S(=O)(NCC1CCC(CNc2nc(N3CCN(c4ccccc4)CC3)c3ccccc3n2)CC1)c1cc(OCC(F)(F)F)ccc1OCC(F)(F)F. The molecule has 0 radical (unpaired) electrons. The summed E-state index contributed by atoms with van der Waals surface area (Å²) < 4.78 is 115. The zero-order valence-corrected chi connectivity index (χ0v) is 29.5. The molecule has 3 aromatic carbocycles. The second-order valence-corrected chi connectivity index (χ2v) is 15.0. The molecular weight excluding hydrogens is 726 g/mol. The lowest BCUT2D eigenvalue weighted by molar-refractivity contribution is -0.154. The van der Waals surface area contributed by atoms with E-state index >= 15 is 0 Å². The molecule has 1 aliphatic carbocycles. The zero-order chi connectivity index (χ0) is 37.6. The van der Waals surface area contributed by atoms with E-state index in [9.17, 15) is 34.8 Å². The summed E-state index contributed by atoms with van der Waals surface area (Å²) >= 11 is 0. The van der Waals surface area contributed by atoms with E-state index < -0.39 is 52.0 Å². The van der Waals surface area contributed by atoms with Crippen LogP contribution in [0, 0.1) is 11.8 Å². The predicted octanol–water partition coefficient (Wildman–Crippen LogP) is 7.04. The number of para-hydroxylation sites is 2. The Morgan fingerprint density at radius 1 is 0.717 bits per heavy atom. The van der Waals surface area contributed by atoms with Gasteiger partial charge in [-0.05, 0) is 73.9 Å². The minimum atomic E-state index is -4.77. The van der Waals surface area contributed by atoms with E-state index in [1.54, 1.807) is 0 Å². The third-order valence-electron chi connectivity index (χ3n) is 9.36. The highest BCUT2D eigenvalue weighted by Gasteiger charge is 2.32. The molecule has 1 aliphatic heterocycles. The van der Waals surface area contributed by atoms with Crippen LogP contribution in [0.25, 0.3) is 10.9 Å². The molecule has 0 bridgehead atoms. The lowest BCUT2D eigenvalue weighted by Crippen LogP contribution is -2.47. The minimum absolute atomic E-state index is 0.0104. The summed E-state index contributed by atoms with van der Waals surface area (Å²) in [6.45, 7) is 0.451. The fourth-order valence-corrected chi connectivity index (χ4v) is 7.88. The van der Waals surface area contributed by atoms with Crippen molar-refractivity contribution in [3.63, 3.8) is 0 Å². The maximum absolute atomic E-state index is 13.2. The maximum Gasteiger partial charge on any atom is 0.422 e. The number of alkyl halides is 6. The molecule has 4 aromatic rings. The summed E-state index contributed by atoms with van der Waals surface area (Å²) in [7, 11) is -4.48. The number of nitrogens with zero attached hydrogens (tertiary/aromatic N) is 4. The number of rotatable bonds is 13. The van der Waals surface area contributed by atoms with Crippen molar-refractivity contribution in [3.8, 4) is 11.5 Å². The number of fused-ring (bicyclic) bond motifs is 1. The van der Waals surface area contributed by atoms with Crippen molar-refractivity contribution in [2.45, 2.75) is 42.9 Å². The molecule has 0 amide bonds. The van der Waals surface area contributed by atoms with E-state index in [2.05, 4.69) is 36.7 Å². The number of sulfonamides is 1. The van der Waals surface area contributed by atoms with E-state index in [1.165, 1.54) is 5.69 Å². The zero-order valence-electron chi connectivity index (χ0n) is 28.7. The topological polar surface area (TPSA) is 109 Å². The van der Waals surface area contributed by atoms with E-state index in [-0.39, 0.29) is 18.4 Å². The van der Waals surface area contributed by atoms with E-state index in [4.69, 9.17) is 14.7 Å². The van der Waals surface area contributed by atoms with Crippen molar-refractivity contribution >= 4 is 38.4 Å². The Morgan fingerprint density at radius 3 is 2.00 bits per heavy atom. The van der Waals surface area contributed by atoms with E-state index in [1.807, 2.05) is 42.5 Å². The number of nitrogens with one attached hydrogen (secondary N) is 2. The van der Waals surface area contributed by atoms with Gasteiger partial charge in [-0.2, -0.15) is 31.3 Å². The van der Waals surface area contributed by atoms with Crippen LogP contribution in [-0.4, -0.2) is 83.2 Å². The Morgan fingerprint density at radius 2 is 1.32 bits per heavy atom. The molecule has 10 nitrogen and oxygen atoms in total. The molecule has 53 heavy (non-hydrogen) atoms. The molecule has 2 fully saturated rings. The smallest absolute Gasteiger partial charge is 0.422 e. The van der Waals surface area contributed by atoms with Gasteiger partial charge in [-0.3, -0.25) is 0 Å². The summed E-state index contributed by atoms with van der Waals surface area (Å²) in [6, 6.07) is 20.7. The Hall–Kier alpha value is -4.51.